The number of sulfone groups is 1. The molecule has 0 spiro atoms. The van der Waals surface area contributed by atoms with Crippen LogP contribution in [-0.4, -0.2) is 33.0 Å². The van der Waals surface area contributed by atoms with Crippen LogP contribution in [0.1, 0.15) is 17.5 Å². The number of nitrogens with two attached hydrogens (primary N) is 1. The van der Waals surface area contributed by atoms with Crippen molar-refractivity contribution in [2.24, 2.45) is 5.73 Å². The topological polar surface area (TPSA) is 63.4 Å². The van der Waals surface area contributed by atoms with Gasteiger partial charge in [0.2, 0.25) is 0 Å². The molecule has 0 saturated carbocycles. The zero-order valence-corrected chi connectivity index (χ0v) is 12.3. The molecular weight excluding hydrogens is 305 g/mol. The summed E-state index contributed by atoms with van der Waals surface area (Å²) in [6, 6.07) is 3.63. The first-order valence-corrected chi connectivity index (χ1v) is 8.29. The first-order valence-electron chi connectivity index (χ1n) is 6.47. The first-order chi connectivity index (χ1) is 9.64. The maximum absolute atomic E-state index is 13.0. The quantitative estimate of drug-likeness (QED) is 0.921. The number of alkyl halides is 3. The van der Waals surface area contributed by atoms with Crippen molar-refractivity contribution in [3.8, 4) is 0 Å². The monoisotopic (exact) mass is 322 g/mol. The SMILES string of the molecule is CN(c1ccc(CN)c(C(F)(F)F)c1)C1CCS(=O)(=O)C1. The van der Waals surface area contributed by atoms with Gasteiger partial charge in [0.15, 0.2) is 9.84 Å². The summed E-state index contributed by atoms with van der Waals surface area (Å²) >= 11 is 0. The minimum absolute atomic E-state index is 0.0243. The molecule has 118 valence electrons. The smallest absolute Gasteiger partial charge is 0.371 e. The normalized spacial score (nSPS) is 21.5. The zero-order chi connectivity index (χ0) is 15.8. The maximum atomic E-state index is 13.0. The summed E-state index contributed by atoms with van der Waals surface area (Å²) in [5, 5.41) is 0. The van der Waals surface area contributed by atoms with Gasteiger partial charge in [-0.25, -0.2) is 8.42 Å². The molecular formula is C13H17F3N2O2S. The molecule has 1 saturated heterocycles. The molecule has 0 aliphatic carbocycles. The summed E-state index contributed by atoms with van der Waals surface area (Å²) in [7, 11) is -1.47. The largest absolute Gasteiger partial charge is 0.416 e. The van der Waals surface area contributed by atoms with Gasteiger partial charge in [-0.3, -0.25) is 0 Å². The summed E-state index contributed by atoms with van der Waals surface area (Å²) in [5.41, 5.74) is 4.95. The van der Waals surface area contributed by atoms with E-state index in [2.05, 4.69) is 0 Å². The molecule has 1 unspecified atom stereocenters. The van der Waals surface area contributed by atoms with Gasteiger partial charge in [0.1, 0.15) is 0 Å². The van der Waals surface area contributed by atoms with E-state index < -0.39 is 21.6 Å². The molecule has 21 heavy (non-hydrogen) atoms. The van der Waals surface area contributed by atoms with Crippen molar-refractivity contribution < 1.29 is 21.6 Å². The van der Waals surface area contributed by atoms with E-state index in [0.717, 1.165) is 6.07 Å². The zero-order valence-electron chi connectivity index (χ0n) is 11.5. The fraction of sp³-hybridized carbons (Fsp3) is 0.538. The Morgan fingerprint density at radius 1 is 1.38 bits per heavy atom. The predicted molar refractivity (Wildman–Crippen MR) is 74.8 cm³/mol. The van der Waals surface area contributed by atoms with E-state index in [9.17, 15) is 21.6 Å². The van der Waals surface area contributed by atoms with Crippen molar-refractivity contribution in [1.82, 2.24) is 0 Å². The Morgan fingerprint density at radius 3 is 2.52 bits per heavy atom. The molecule has 1 aromatic carbocycles. The van der Waals surface area contributed by atoms with E-state index in [0.29, 0.717) is 12.1 Å². The van der Waals surface area contributed by atoms with Gasteiger partial charge < -0.3 is 10.6 Å². The van der Waals surface area contributed by atoms with E-state index in [1.807, 2.05) is 0 Å². The lowest BCUT2D eigenvalue weighted by molar-refractivity contribution is -0.138. The highest BCUT2D eigenvalue weighted by Gasteiger charge is 2.35. The van der Waals surface area contributed by atoms with E-state index in [-0.39, 0.29) is 29.7 Å². The highest BCUT2D eigenvalue weighted by Crippen LogP contribution is 2.35. The Hall–Kier alpha value is -1.28. The first kappa shape index (κ1) is 16.1. The molecule has 4 nitrogen and oxygen atoms in total. The van der Waals surface area contributed by atoms with Gasteiger partial charge in [-0.15, -0.1) is 0 Å². The predicted octanol–water partition coefficient (Wildman–Crippen LogP) is 1.79. The van der Waals surface area contributed by atoms with Crippen LogP contribution < -0.4 is 10.6 Å². The molecule has 0 aromatic heterocycles. The molecule has 1 atom stereocenters. The number of hydrogen-bond acceptors (Lipinski definition) is 4. The third-order valence-corrected chi connectivity index (χ3v) is 5.53. The molecule has 2 N–H and O–H groups in total. The molecule has 2 rings (SSSR count). The van der Waals surface area contributed by atoms with Crippen molar-refractivity contribution in [1.29, 1.82) is 0 Å². The van der Waals surface area contributed by atoms with Crippen LogP contribution in [0.5, 0.6) is 0 Å². The van der Waals surface area contributed by atoms with Crippen LogP contribution in [0.2, 0.25) is 0 Å². The number of halogens is 3. The van der Waals surface area contributed by atoms with Crippen molar-refractivity contribution in [2.45, 2.75) is 25.2 Å². The van der Waals surface area contributed by atoms with E-state index in [1.54, 1.807) is 18.0 Å². The Morgan fingerprint density at radius 2 is 2.05 bits per heavy atom. The van der Waals surface area contributed by atoms with Crippen LogP contribution in [0.15, 0.2) is 18.2 Å². The highest BCUT2D eigenvalue weighted by atomic mass is 32.2. The third kappa shape index (κ3) is 3.49. The van der Waals surface area contributed by atoms with Crippen LogP contribution in [0.25, 0.3) is 0 Å². The average Bonchev–Trinajstić information content (AvgIpc) is 2.76. The molecule has 0 radical (unpaired) electrons. The molecule has 0 amide bonds. The number of rotatable bonds is 3. The fourth-order valence-electron chi connectivity index (χ4n) is 2.52. The summed E-state index contributed by atoms with van der Waals surface area (Å²) in [6.45, 7) is -0.198. The highest BCUT2D eigenvalue weighted by molar-refractivity contribution is 7.91. The van der Waals surface area contributed by atoms with Crippen molar-refractivity contribution in [3.63, 3.8) is 0 Å². The number of nitrogens with zero attached hydrogens (tertiary/aromatic N) is 1. The van der Waals surface area contributed by atoms with Gasteiger partial charge in [-0.2, -0.15) is 13.2 Å². The second-order valence-corrected chi connectivity index (χ2v) is 7.44. The van der Waals surface area contributed by atoms with Gasteiger partial charge in [0, 0.05) is 25.3 Å². The Balaban J connectivity index is 2.32. The van der Waals surface area contributed by atoms with Crippen LogP contribution in [-0.2, 0) is 22.6 Å². The van der Waals surface area contributed by atoms with Gasteiger partial charge in [-0.1, -0.05) is 6.07 Å². The third-order valence-electron chi connectivity index (χ3n) is 3.78. The van der Waals surface area contributed by atoms with Gasteiger partial charge >= 0.3 is 6.18 Å². The van der Waals surface area contributed by atoms with Gasteiger partial charge in [-0.05, 0) is 24.1 Å². The van der Waals surface area contributed by atoms with E-state index in [1.165, 1.54) is 6.07 Å². The molecule has 1 fully saturated rings. The molecule has 1 heterocycles. The summed E-state index contributed by atoms with van der Waals surface area (Å²) in [4.78, 5) is 1.60. The molecule has 1 aliphatic rings. The molecule has 8 heteroatoms. The summed E-state index contributed by atoms with van der Waals surface area (Å²) in [6.07, 6.45) is -4.05. The Kier molecular flexibility index (Phi) is 4.21. The van der Waals surface area contributed by atoms with Crippen molar-refractivity contribution in [3.05, 3.63) is 29.3 Å². The number of anilines is 1. The van der Waals surface area contributed by atoms with Crippen LogP contribution >= 0.6 is 0 Å². The van der Waals surface area contributed by atoms with Gasteiger partial charge in [0.25, 0.3) is 0 Å². The second kappa shape index (κ2) is 5.49. The van der Waals surface area contributed by atoms with E-state index >= 15 is 0 Å². The summed E-state index contributed by atoms with van der Waals surface area (Å²) < 4.78 is 62.0. The Labute approximate surface area is 121 Å². The molecule has 0 bridgehead atoms. The van der Waals surface area contributed by atoms with Crippen LogP contribution in [0, 0.1) is 0 Å². The van der Waals surface area contributed by atoms with Crippen LogP contribution in [0.4, 0.5) is 18.9 Å². The minimum atomic E-state index is -4.48. The van der Waals surface area contributed by atoms with Crippen LogP contribution in [0.3, 0.4) is 0 Å². The fourth-order valence-corrected chi connectivity index (χ4v) is 4.29. The lowest BCUT2D eigenvalue weighted by Gasteiger charge is -2.27. The van der Waals surface area contributed by atoms with E-state index in [4.69, 9.17) is 5.73 Å². The minimum Gasteiger partial charge on any atom is -0.371 e. The summed E-state index contributed by atoms with van der Waals surface area (Å²) in [5.74, 6) is 0.0541. The van der Waals surface area contributed by atoms with Gasteiger partial charge in [0.05, 0.1) is 17.1 Å². The van der Waals surface area contributed by atoms with Crippen molar-refractivity contribution in [2.75, 3.05) is 23.5 Å². The number of hydrogen-bond donors (Lipinski definition) is 1. The molecule has 1 aliphatic heterocycles. The average molecular weight is 322 g/mol. The number of benzene rings is 1. The van der Waals surface area contributed by atoms with Crippen molar-refractivity contribution >= 4 is 15.5 Å². The Bertz CT molecular complexity index is 629. The standard InChI is InChI=1S/C13H17F3N2O2S/c1-18(11-4-5-21(19,20)8-11)10-3-2-9(7-17)12(6-10)13(14,15)16/h2-3,6,11H,4-5,7-8,17H2,1H3. The maximum Gasteiger partial charge on any atom is 0.416 e. The lowest BCUT2D eigenvalue weighted by Crippen LogP contribution is -2.32. The molecule has 1 aromatic rings. The lowest BCUT2D eigenvalue weighted by atomic mass is 10.0. The second-order valence-electron chi connectivity index (χ2n) is 5.21.